The van der Waals surface area contributed by atoms with E-state index in [-0.39, 0.29) is 17.7 Å². The molecule has 2 rings (SSSR count). The maximum atomic E-state index is 13.9. The van der Waals surface area contributed by atoms with Crippen LogP contribution in [0.5, 0.6) is 0 Å². The summed E-state index contributed by atoms with van der Waals surface area (Å²) in [7, 11) is 0. The van der Waals surface area contributed by atoms with E-state index in [1.54, 1.807) is 0 Å². The molecule has 0 saturated heterocycles. The molecular formula is C12H14F2N2O3. The number of aliphatic hydroxyl groups is 1. The van der Waals surface area contributed by atoms with E-state index in [0.29, 0.717) is 18.4 Å². The average molecular weight is 272 g/mol. The molecule has 0 aromatic heterocycles. The second-order valence-electron chi connectivity index (χ2n) is 4.79. The van der Waals surface area contributed by atoms with Crippen molar-refractivity contribution in [2.75, 3.05) is 6.61 Å². The van der Waals surface area contributed by atoms with Gasteiger partial charge in [0.1, 0.15) is 12.1 Å². The molecule has 19 heavy (non-hydrogen) atoms. The number of non-ortho nitro benzene ring substituents is 1. The van der Waals surface area contributed by atoms with E-state index in [1.807, 2.05) is 0 Å². The van der Waals surface area contributed by atoms with E-state index in [2.05, 4.69) is 0 Å². The minimum Gasteiger partial charge on any atom is -0.390 e. The van der Waals surface area contributed by atoms with Crippen LogP contribution >= 0.6 is 0 Å². The molecule has 0 radical (unpaired) electrons. The zero-order chi connectivity index (χ0) is 14.3. The Kier molecular flexibility index (Phi) is 3.27. The van der Waals surface area contributed by atoms with Crippen molar-refractivity contribution in [2.24, 2.45) is 5.73 Å². The fourth-order valence-corrected chi connectivity index (χ4v) is 2.52. The standard InChI is InChI=1S/C12H14F2N2O3/c13-12(14,7-17)11(15)5-1-2-8-3-4-9(16(18)19)6-10(8)11/h3-4,6,17H,1-2,5,7,15H2/t11-/m0/s1. The third-order valence-corrected chi connectivity index (χ3v) is 3.65. The summed E-state index contributed by atoms with van der Waals surface area (Å²) in [6.45, 7) is -1.38. The molecule has 1 aromatic carbocycles. The third kappa shape index (κ3) is 2.08. The van der Waals surface area contributed by atoms with Crippen LogP contribution in [-0.4, -0.2) is 22.6 Å². The van der Waals surface area contributed by atoms with Gasteiger partial charge in [-0.2, -0.15) is 0 Å². The van der Waals surface area contributed by atoms with Gasteiger partial charge in [0.15, 0.2) is 0 Å². The molecule has 0 fully saturated rings. The van der Waals surface area contributed by atoms with Crippen LogP contribution in [0.25, 0.3) is 0 Å². The van der Waals surface area contributed by atoms with E-state index in [0.717, 1.165) is 6.07 Å². The van der Waals surface area contributed by atoms with Gasteiger partial charge in [0.25, 0.3) is 11.6 Å². The Morgan fingerprint density at radius 3 is 2.79 bits per heavy atom. The van der Waals surface area contributed by atoms with Crippen molar-refractivity contribution in [1.29, 1.82) is 0 Å². The zero-order valence-corrected chi connectivity index (χ0v) is 10.1. The fraction of sp³-hybridized carbons (Fsp3) is 0.500. The molecule has 1 aromatic rings. The topological polar surface area (TPSA) is 89.4 Å². The van der Waals surface area contributed by atoms with Crippen LogP contribution in [0.4, 0.5) is 14.5 Å². The van der Waals surface area contributed by atoms with Crippen molar-refractivity contribution in [3.63, 3.8) is 0 Å². The van der Waals surface area contributed by atoms with Gasteiger partial charge in [-0.05, 0) is 30.4 Å². The summed E-state index contributed by atoms with van der Waals surface area (Å²) in [4.78, 5) is 10.1. The number of nitro groups is 1. The number of nitrogens with two attached hydrogens (primary N) is 1. The first-order valence-corrected chi connectivity index (χ1v) is 5.87. The zero-order valence-electron chi connectivity index (χ0n) is 10.1. The number of aliphatic hydroxyl groups excluding tert-OH is 1. The fourth-order valence-electron chi connectivity index (χ4n) is 2.52. The van der Waals surface area contributed by atoms with Gasteiger partial charge in [0.05, 0.1) is 4.92 Å². The van der Waals surface area contributed by atoms with E-state index < -0.39 is 23.0 Å². The molecular weight excluding hydrogens is 258 g/mol. The predicted octanol–water partition coefficient (Wildman–Crippen LogP) is 1.71. The number of hydrogen-bond acceptors (Lipinski definition) is 4. The largest absolute Gasteiger partial charge is 0.390 e. The lowest BCUT2D eigenvalue weighted by atomic mass is 9.73. The summed E-state index contributed by atoms with van der Waals surface area (Å²) >= 11 is 0. The molecule has 0 unspecified atom stereocenters. The molecule has 0 aliphatic heterocycles. The molecule has 3 N–H and O–H groups in total. The van der Waals surface area contributed by atoms with Crippen molar-refractivity contribution in [1.82, 2.24) is 0 Å². The Morgan fingerprint density at radius 1 is 1.53 bits per heavy atom. The molecule has 0 heterocycles. The SMILES string of the molecule is N[C@@]1(C(F)(F)CO)CCCc2ccc([N+](=O)[O-])cc21. The molecule has 1 aliphatic rings. The van der Waals surface area contributed by atoms with Crippen molar-refractivity contribution in [3.8, 4) is 0 Å². The van der Waals surface area contributed by atoms with Crippen LogP contribution < -0.4 is 5.73 Å². The Bertz CT molecular complexity index is 522. The number of halogens is 2. The Hall–Kier alpha value is -1.60. The monoisotopic (exact) mass is 272 g/mol. The van der Waals surface area contributed by atoms with Crippen molar-refractivity contribution in [2.45, 2.75) is 30.7 Å². The van der Waals surface area contributed by atoms with Gasteiger partial charge in [0, 0.05) is 12.1 Å². The van der Waals surface area contributed by atoms with Gasteiger partial charge in [0.2, 0.25) is 0 Å². The first-order valence-electron chi connectivity index (χ1n) is 5.87. The maximum Gasteiger partial charge on any atom is 0.292 e. The van der Waals surface area contributed by atoms with Crippen LogP contribution in [-0.2, 0) is 12.0 Å². The molecule has 0 bridgehead atoms. The Morgan fingerprint density at radius 2 is 2.21 bits per heavy atom. The molecule has 104 valence electrons. The van der Waals surface area contributed by atoms with Crippen molar-refractivity contribution in [3.05, 3.63) is 39.4 Å². The van der Waals surface area contributed by atoms with Crippen LogP contribution in [0.1, 0.15) is 24.0 Å². The van der Waals surface area contributed by atoms with Crippen LogP contribution in [0, 0.1) is 10.1 Å². The summed E-state index contributed by atoms with van der Waals surface area (Å²) in [5.74, 6) is -3.52. The molecule has 0 amide bonds. The maximum absolute atomic E-state index is 13.9. The minimum absolute atomic E-state index is 0.0191. The quantitative estimate of drug-likeness (QED) is 0.647. The number of nitrogens with zero attached hydrogens (tertiary/aromatic N) is 1. The highest BCUT2D eigenvalue weighted by molar-refractivity contribution is 5.46. The summed E-state index contributed by atoms with van der Waals surface area (Å²) < 4.78 is 27.8. The van der Waals surface area contributed by atoms with Crippen LogP contribution in [0.2, 0.25) is 0 Å². The predicted molar refractivity (Wildman–Crippen MR) is 63.9 cm³/mol. The molecule has 1 aliphatic carbocycles. The molecule has 0 saturated carbocycles. The van der Waals surface area contributed by atoms with E-state index in [4.69, 9.17) is 10.8 Å². The van der Waals surface area contributed by atoms with Gasteiger partial charge in [-0.3, -0.25) is 10.1 Å². The molecule has 5 nitrogen and oxygen atoms in total. The summed E-state index contributed by atoms with van der Waals surface area (Å²) in [5.41, 5.74) is 4.11. The molecule has 1 atom stereocenters. The molecule has 7 heteroatoms. The highest BCUT2D eigenvalue weighted by atomic mass is 19.3. The lowest BCUT2D eigenvalue weighted by Gasteiger charge is -2.40. The van der Waals surface area contributed by atoms with Crippen molar-refractivity contribution < 1.29 is 18.8 Å². The Labute approximate surface area is 108 Å². The van der Waals surface area contributed by atoms with Crippen LogP contribution in [0.3, 0.4) is 0 Å². The average Bonchev–Trinajstić information content (AvgIpc) is 2.38. The van der Waals surface area contributed by atoms with E-state index in [1.165, 1.54) is 12.1 Å². The number of nitro benzene ring substituents is 1. The Balaban J connectivity index is 2.59. The second kappa shape index (κ2) is 4.50. The smallest absolute Gasteiger partial charge is 0.292 e. The summed E-state index contributed by atoms with van der Waals surface area (Å²) in [5, 5.41) is 19.6. The first-order chi connectivity index (χ1) is 8.82. The highest BCUT2D eigenvalue weighted by Crippen LogP contribution is 2.44. The number of benzene rings is 1. The van der Waals surface area contributed by atoms with Crippen LogP contribution in [0.15, 0.2) is 18.2 Å². The number of aryl methyl sites for hydroxylation is 1. The van der Waals surface area contributed by atoms with E-state index >= 15 is 0 Å². The summed E-state index contributed by atoms with van der Waals surface area (Å²) in [6, 6.07) is 3.83. The van der Waals surface area contributed by atoms with Gasteiger partial charge in [-0.25, -0.2) is 8.78 Å². The van der Waals surface area contributed by atoms with Gasteiger partial charge in [-0.1, -0.05) is 6.07 Å². The first kappa shape index (κ1) is 13.8. The minimum atomic E-state index is -3.52. The number of alkyl halides is 2. The number of rotatable bonds is 3. The second-order valence-corrected chi connectivity index (χ2v) is 4.79. The van der Waals surface area contributed by atoms with Gasteiger partial charge >= 0.3 is 0 Å². The number of hydrogen-bond donors (Lipinski definition) is 2. The van der Waals surface area contributed by atoms with Crippen molar-refractivity contribution >= 4 is 5.69 Å². The lowest BCUT2D eigenvalue weighted by Crippen LogP contribution is -2.56. The van der Waals surface area contributed by atoms with Gasteiger partial charge in [-0.15, -0.1) is 0 Å². The summed E-state index contributed by atoms with van der Waals surface area (Å²) in [6.07, 6.45) is 0.986. The third-order valence-electron chi connectivity index (χ3n) is 3.65. The molecule has 0 spiro atoms. The number of fused-ring (bicyclic) bond motifs is 1. The normalized spacial score (nSPS) is 22.9. The van der Waals surface area contributed by atoms with Gasteiger partial charge < -0.3 is 10.8 Å². The lowest BCUT2D eigenvalue weighted by molar-refractivity contribution is -0.385. The highest BCUT2D eigenvalue weighted by Gasteiger charge is 2.53. The van der Waals surface area contributed by atoms with E-state index in [9.17, 15) is 18.9 Å².